The van der Waals surface area contributed by atoms with E-state index in [4.69, 9.17) is 5.84 Å². The van der Waals surface area contributed by atoms with Crippen molar-refractivity contribution in [2.75, 3.05) is 6.54 Å². The lowest BCUT2D eigenvalue weighted by Crippen LogP contribution is -2.26. The van der Waals surface area contributed by atoms with Crippen molar-refractivity contribution >= 4 is 17.2 Å². The number of rotatable bonds is 8. The monoisotopic (exact) mass is 443 g/mol. The molecule has 174 valence electrons. The van der Waals surface area contributed by atoms with Crippen molar-refractivity contribution in [2.24, 2.45) is 11.8 Å². The predicted octanol–water partition coefficient (Wildman–Crippen LogP) is 5.71. The third kappa shape index (κ3) is 5.06. The van der Waals surface area contributed by atoms with Gasteiger partial charge in [-0.15, -0.1) is 0 Å². The molecular weight excluding hydrogens is 406 g/mol. The lowest BCUT2D eigenvalue weighted by molar-refractivity contribution is -0.120. The normalized spacial score (nSPS) is 19.7. The van der Waals surface area contributed by atoms with Crippen molar-refractivity contribution in [3.8, 4) is 0 Å². The summed E-state index contributed by atoms with van der Waals surface area (Å²) in [6.45, 7) is 7.36. The topological polar surface area (TPSA) is 67.2 Å². The molecule has 1 saturated carbocycles. The first-order valence-corrected chi connectivity index (χ1v) is 12.4. The Morgan fingerprint density at radius 3 is 2.33 bits per heavy atom. The molecule has 2 aliphatic carbocycles. The van der Waals surface area contributed by atoms with Gasteiger partial charge in [-0.1, -0.05) is 73.5 Å². The highest BCUT2D eigenvalue weighted by Gasteiger charge is 2.28. The zero-order chi connectivity index (χ0) is 23.4. The second-order valence-corrected chi connectivity index (χ2v) is 9.51. The van der Waals surface area contributed by atoms with Crippen LogP contribution >= 0.6 is 0 Å². The van der Waals surface area contributed by atoms with Crippen LogP contribution in [0.15, 0.2) is 59.7 Å². The number of hydrogen-bond donors (Lipinski definition) is 3. The molecule has 0 radical (unpaired) electrons. The van der Waals surface area contributed by atoms with E-state index >= 15 is 0 Å². The Labute approximate surface area is 198 Å². The number of ketones is 1. The SMILES string of the molecule is CCN/C1=C(\NN)c2ccccc2CCC(C(=O)CCC(=C2CC2)C(C)C)c2ccccc21. The van der Waals surface area contributed by atoms with Crippen LogP contribution in [0.25, 0.3) is 11.4 Å². The van der Waals surface area contributed by atoms with Crippen LogP contribution in [0.1, 0.15) is 81.0 Å². The number of nitrogens with two attached hydrogens (primary N) is 1. The van der Waals surface area contributed by atoms with Gasteiger partial charge in [0.2, 0.25) is 0 Å². The van der Waals surface area contributed by atoms with Crippen LogP contribution < -0.4 is 16.6 Å². The number of fused-ring (bicyclic) bond motifs is 2. The average Bonchev–Trinajstić information content (AvgIpc) is 3.64. The summed E-state index contributed by atoms with van der Waals surface area (Å²) >= 11 is 0. The Hall–Kier alpha value is -2.85. The first kappa shape index (κ1) is 23.3. The van der Waals surface area contributed by atoms with Crippen molar-refractivity contribution < 1.29 is 4.79 Å². The maximum absolute atomic E-state index is 13.7. The number of carbonyl (C=O) groups is 1. The highest BCUT2D eigenvalue weighted by molar-refractivity contribution is 5.94. The minimum Gasteiger partial charge on any atom is -0.383 e. The Bertz CT molecular complexity index is 1070. The summed E-state index contributed by atoms with van der Waals surface area (Å²) in [6.07, 6.45) is 5.58. The second-order valence-electron chi connectivity index (χ2n) is 9.51. The number of allylic oxidation sites excluding steroid dienone is 2. The van der Waals surface area contributed by atoms with E-state index in [-0.39, 0.29) is 5.92 Å². The predicted molar refractivity (Wildman–Crippen MR) is 137 cm³/mol. The Morgan fingerprint density at radius 2 is 1.67 bits per heavy atom. The van der Waals surface area contributed by atoms with E-state index in [1.165, 1.54) is 24.0 Å². The van der Waals surface area contributed by atoms with Gasteiger partial charge < -0.3 is 10.7 Å². The van der Waals surface area contributed by atoms with Gasteiger partial charge in [0.05, 0.1) is 11.4 Å². The van der Waals surface area contributed by atoms with E-state index in [1.807, 2.05) is 12.1 Å². The Kier molecular flexibility index (Phi) is 7.34. The summed E-state index contributed by atoms with van der Waals surface area (Å²) in [5, 5.41) is 3.54. The minimum atomic E-state index is -0.127. The molecule has 2 aliphatic rings. The van der Waals surface area contributed by atoms with Gasteiger partial charge in [0.1, 0.15) is 5.78 Å². The fourth-order valence-electron chi connectivity index (χ4n) is 5.27. The van der Waals surface area contributed by atoms with E-state index < -0.39 is 0 Å². The van der Waals surface area contributed by atoms with Crippen LogP contribution in [0, 0.1) is 5.92 Å². The lowest BCUT2D eigenvalue weighted by atomic mass is 9.83. The van der Waals surface area contributed by atoms with Gasteiger partial charge >= 0.3 is 0 Å². The highest BCUT2D eigenvalue weighted by atomic mass is 16.1. The summed E-state index contributed by atoms with van der Waals surface area (Å²) < 4.78 is 0. The van der Waals surface area contributed by atoms with Crippen LogP contribution in [0.4, 0.5) is 0 Å². The lowest BCUT2D eigenvalue weighted by Gasteiger charge is -2.22. The molecule has 33 heavy (non-hydrogen) atoms. The Morgan fingerprint density at radius 1 is 0.970 bits per heavy atom. The maximum atomic E-state index is 13.7. The van der Waals surface area contributed by atoms with Gasteiger partial charge in [0.25, 0.3) is 0 Å². The molecule has 4 heteroatoms. The van der Waals surface area contributed by atoms with Crippen molar-refractivity contribution in [2.45, 2.75) is 65.2 Å². The van der Waals surface area contributed by atoms with E-state index in [9.17, 15) is 4.79 Å². The minimum absolute atomic E-state index is 0.127. The third-order valence-electron chi connectivity index (χ3n) is 7.02. The smallest absolute Gasteiger partial charge is 0.140 e. The number of carbonyl (C=O) groups excluding carboxylic acids is 1. The number of hydrazine groups is 1. The number of hydrogen-bond acceptors (Lipinski definition) is 4. The Balaban J connectivity index is 1.76. The maximum Gasteiger partial charge on any atom is 0.140 e. The largest absolute Gasteiger partial charge is 0.383 e. The zero-order valence-corrected chi connectivity index (χ0v) is 20.2. The standard InChI is InChI=1S/C29H37N3O/c1-4-31-28-26-12-8-7-11-24(26)25(27(33)18-17-22(19(2)3)21-13-14-21)16-15-20-9-5-6-10-23(20)29(28)32-30/h5-12,19,25,31-32H,4,13-18,30H2,1-3H3/b29-28-. The zero-order valence-electron chi connectivity index (χ0n) is 20.2. The first-order chi connectivity index (χ1) is 16.0. The molecule has 1 fully saturated rings. The molecule has 0 heterocycles. The van der Waals surface area contributed by atoms with Gasteiger partial charge in [-0.3, -0.25) is 10.6 Å². The molecule has 1 unspecified atom stereocenters. The molecule has 1 atom stereocenters. The summed E-state index contributed by atoms with van der Waals surface area (Å²) in [6, 6.07) is 16.7. The van der Waals surface area contributed by atoms with Gasteiger partial charge in [-0.05, 0) is 56.1 Å². The fraction of sp³-hybridized carbons (Fsp3) is 0.414. The number of benzene rings is 2. The summed E-state index contributed by atoms with van der Waals surface area (Å²) in [4.78, 5) is 13.7. The fourth-order valence-corrected chi connectivity index (χ4v) is 5.27. The van der Waals surface area contributed by atoms with Crippen molar-refractivity contribution in [3.05, 3.63) is 81.9 Å². The van der Waals surface area contributed by atoms with Crippen LogP contribution in [0.3, 0.4) is 0 Å². The van der Waals surface area contributed by atoms with Crippen LogP contribution in [0.5, 0.6) is 0 Å². The highest BCUT2D eigenvalue weighted by Crippen LogP contribution is 2.39. The molecule has 0 bridgehead atoms. The molecule has 0 aromatic heterocycles. The molecule has 0 spiro atoms. The quantitative estimate of drug-likeness (QED) is 0.278. The molecule has 2 aromatic rings. The number of Topliss-reactive ketones (excluding diaryl/α,β-unsaturated/α-hetero) is 1. The van der Waals surface area contributed by atoms with E-state index in [2.05, 4.69) is 67.9 Å². The number of nitrogens with one attached hydrogen (secondary N) is 2. The average molecular weight is 444 g/mol. The van der Waals surface area contributed by atoms with Gasteiger partial charge in [0, 0.05) is 30.0 Å². The molecule has 0 amide bonds. The van der Waals surface area contributed by atoms with E-state index in [0.717, 1.165) is 53.9 Å². The molecule has 4 N–H and O–H groups in total. The molecule has 2 aromatic carbocycles. The second kappa shape index (κ2) is 10.4. The van der Waals surface area contributed by atoms with E-state index in [0.29, 0.717) is 18.1 Å². The molecule has 0 saturated heterocycles. The van der Waals surface area contributed by atoms with Crippen molar-refractivity contribution in [3.63, 3.8) is 0 Å². The van der Waals surface area contributed by atoms with Gasteiger partial charge in [-0.25, -0.2) is 0 Å². The van der Waals surface area contributed by atoms with Gasteiger partial charge in [-0.2, -0.15) is 0 Å². The number of aryl methyl sites for hydroxylation is 1. The molecule has 4 nitrogen and oxygen atoms in total. The van der Waals surface area contributed by atoms with E-state index in [1.54, 1.807) is 5.57 Å². The van der Waals surface area contributed by atoms with Gasteiger partial charge in [0.15, 0.2) is 0 Å². The third-order valence-corrected chi connectivity index (χ3v) is 7.02. The van der Waals surface area contributed by atoms with Crippen LogP contribution in [0.2, 0.25) is 0 Å². The van der Waals surface area contributed by atoms with Crippen LogP contribution in [-0.4, -0.2) is 12.3 Å². The molecule has 4 rings (SSSR count). The van der Waals surface area contributed by atoms with Crippen LogP contribution in [-0.2, 0) is 11.2 Å². The van der Waals surface area contributed by atoms with Crippen molar-refractivity contribution in [1.29, 1.82) is 0 Å². The summed E-state index contributed by atoms with van der Waals surface area (Å²) in [5.74, 6) is 6.83. The molecule has 0 aliphatic heterocycles. The van der Waals surface area contributed by atoms with Crippen molar-refractivity contribution in [1.82, 2.24) is 10.7 Å². The summed E-state index contributed by atoms with van der Waals surface area (Å²) in [7, 11) is 0. The molecular formula is C29H37N3O. The summed E-state index contributed by atoms with van der Waals surface area (Å²) in [5.41, 5.74) is 12.4. The first-order valence-electron chi connectivity index (χ1n) is 12.4.